The first-order valence-electron chi connectivity index (χ1n) is 5.45. The molecule has 1 aromatic carbocycles. The first-order valence-corrected chi connectivity index (χ1v) is 5.45. The zero-order valence-electron chi connectivity index (χ0n) is 9.70. The standard InChI is InChI=1S/C13H11N3O2/c1-16-10-4-5-14-7-9(10)15-13(16)8-2-3-11(17)12(18)6-8/h2-7,17-18H,1H3. The number of phenolic OH excluding ortho intramolecular Hbond substituents is 2. The summed E-state index contributed by atoms with van der Waals surface area (Å²) >= 11 is 0. The van der Waals surface area contributed by atoms with Crippen molar-refractivity contribution in [1.82, 2.24) is 14.5 Å². The lowest BCUT2D eigenvalue weighted by molar-refractivity contribution is 0.404. The van der Waals surface area contributed by atoms with Crippen molar-refractivity contribution in [1.29, 1.82) is 0 Å². The molecule has 3 rings (SSSR count). The molecule has 0 spiro atoms. The number of benzene rings is 1. The summed E-state index contributed by atoms with van der Waals surface area (Å²) in [5, 5.41) is 18.8. The summed E-state index contributed by atoms with van der Waals surface area (Å²) in [4.78, 5) is 8.49. The molecule has 0 atom stereocenters. The number of nitrogens with zero attached hydrogens (tertiary/aromatic N) is 3. The van der Waals surface area contributed by atoms with Crippen LogP contribution >= 0.6 is 0 Å². The van der Waals surface area contributed by atoms with Gasteiger partial charge in [0.25, 0.3) is 0 Å². The average molecular weight is 241 g/mol. The minimum absolute atomic E-state index is 0.140. The third kappa shape index (κ3) is 1.48. The Morgan fingerprint density at radius 3 is 2.67 bits per heavy atom. The SMILES string of the molecule is Cn1c(-c2ccc(O)c(O)c2)nc2cnccc21. The summed E-state index contributed by atoms with van der Waals surface area (Å²) in [5.41, 5.74) is 2.50. The summed E-state index contributed by atoms with van der Waals surface area (Å²) in [5.74, 6) is 0.421. The number of phenols is 2. The van der Waals surface area contributed by atoms with E-state index in [0.717, 1.165) is 16.6 Å². The van der Waals surface area contributed by atoms with Crippen molar-refractivity contribution in [2.45, 2.75) is 0 Å². The van der Waals surface area contributed by atoms with Gasteiger partial charge in [-0.05, 0) is 24.3 Å². The van der Waals surface area contributed by atoms with E-state index in [4.69, 9.17) is 0 Å². The predicted molar refractivity (Wildman–Crippen MR) is 67.3 cm³/mol. The van der Waals surface area contributed by atoms with Crippen LogP contribution in [0.3, 0.4) is 0 Å². The maximum atomic E-state index is 9.53. The number of hydrogen-bond acceptors (Lipinski definition) is 4. The molecule has 0 saturated carbocycles. The van der Waals surface area contributed by atoms with Crippen molar-refractivity contribution in [3.05, 3.63) is 36.7 Å². The second kappa shape index (κ2) is 3.73. The topological polar surface area (TPSA) is 71.2 Å². The van der Waals surface area contributed by atoms with Crippen LogP contribution in [0.4, 0.5) is 0 Å². The number of aromatic nitrogens is 3. The number of pyridine rings is 1. The second-order valence-corrected chi connectivity index (χ2v) is 4.06. The van der Waals surface area contributed by atoms with Crippen LogP contribution in [0.25, 0.3) is 22.4 Å². The van der Waals surface area contributed by atoms with Crippen LogP contribution in [0.15, 0.2) is 36.7 Å². The van der Waals surface area contributed by atoms with Crippen LogP contribution in [-0.2, 0) is 7.05 Å². The van der Waals surface area contributed by atoms with Gasteiger partial charge in [-0.15, -0.1) is 0 Å². The predicted octanol–water partition coefficient (Wildman–Crippen LogP) is 2.05. The van der Waals surface area contributed by atoms with Crippen LogP contribution in [0.1, 0.15) is 0 Å². The minimum atomic E-state index is -0.155. The van der Waals surface area contributed by atoms with Crippen molar-refractivity contribution < 1.29 is 10.2 Å². The highest BCUT2D eigenvalue weighted by Crippen LogP contribution is 2.31. The van der Waals surface area contributed by atoms with Gasteiger partial charge in [0.2, 0.25) is 0 Å². The van der Waals surface area contributed by atoms with Gasteiger partial charge in [0.05, 0.1) is 11.7 Å². The summed E-state index contributed by atoms with van der Waals surface area (Å²) in [6.45, 7) is 0. The van der Waals surface area contributed by atoms with E-state index in [2.05, 4.69) is 9.97 Å². The molecule has 0 amide bonds. The molecular formula is C13H11N3O2. The van der Waals surface area contributed by atoms with Gasteiger partial charge < -0.3 is 14.8 Å². The fraction of sp³-hybridized carbons (Fsp3) is 0.0769. The Balaban J connectivity index is 2.25. The van der Waals surface area contributed by atoms with Crippen molar-refractivity contribution in [3.63, 3.8) is 0 Å². The maximum absolute atomic E-state index is 9.53. The third-order valence-corrected chi connectivity index (χ3v) is 2.92. The molecule has 0 bridgehead atoms. The Hall–Kier alpha value is -2.56. The number of aromatic hydroxyl groups is 2. The quantitative estimate of drug-likeness (QED) is 0.639. The van der Waals surface area contributed by atoms with Crippen LogP contribution in [0.5, 0.6) is 11.5 Å². The molecule has 0 radical (unpaired) electrons. The smallest absolute Gasteiger partial charge is 0.158 e. The van der Waals surface area contributed by atoms with Gasteiger partial charge >= 0.3 is 0 Å². The molecular weight excluding hydrogens is 230 g/mol. The van der Waals surface area contributed by atoms with Crippen molar-refractivity contribution in [3.8, 4) is 22.9 Å². The fourth-order valence-electron chi connectivity index (χ4n) is 1.97. The van der Waals surface area contributed by atoms with Gasteiger partial charge in [0.1, 0.15) is 11.3 Å². The molecule has 18 heavy (non-hydrogen) atoms. The first-order chi connectivity index (χ1) is 8.66. The third-order valence-electron chi connectivity index (χ3n) is 2.92. The van der Waals surface area contributed by atoms with E-state index in [1.165, 1.54) is 12.1 Å². The van der Waals surface area contributed by atoms with E-state index in [1.807, 2.05) is 17.7 Å². The molecule has 2 aromatic heterocycles. The highest BCUT2D eigenvalue weighted by molar-refractivity contribution is 5.79. The minimum Gasteiger partial charge on any atom is -0.504 e. The summed E-state index contributed by atoms with van der Waals surface area (Å²) < 4.78 is 1.92. The van der Waals surface area contributed by atoms with E-state index in [0.29, 0.717) is 5.82 Å². The number of aryl methyl sites for hydroxylation is 1. The van der Waals surface area contributed by atoms with Gasteiger partial charge in [-0.2, -0.15) is 0 Å². The van der Waals surface area contributed by atoms with Crippen molar-refractivity contribution in [2.75, 3.05) is 0 Å². The zero-order valence-corrected chi connectivity index (χ0v) is 9.70. The van der Waals surface area contributed by atoms with Crippen LogP contribution in [0, 0.1) is 0 Å². The van der Waals surface area contributed by atoms with E-state index in [9.17, 15) is 10.2 Å². The second-order valence-electron chi connectivity index (χ2n) is 4.06. The Morgan fingerprint density at radius 2 is 1.94 bits per heavy atom. The normalized spacial score (nSPS) is 10.9. The molecule has 90 valence electrons. The lowest BCUT2D eigenvalue weighted by atomic mass is 10.2. The molecule has 5 heteroatoms. The number of rotatable bonds is 1. The number of imidazole rings is 1. The van der Waals surface area contributed by atoms with Crippen molar-refractivity contribution in [2.24, 2.45) is 7.05 Å². The molecule has 0 saturated heterocycles. The number of fused-ring (bicyclic) bond motifs is 1. The Morgan fingerprint density at radius 1 is 1.11 bits per heavy atom. The van der Waals surface area contributed by atoms with Gasteiger partial charge in [0.15, 0.2) is 11.5 Å². The average Bonchev–Trinajstić information content (AvgIpc) is 2.71. The Bertz CT molecular complexity index is 734. The van der Waals surface area contributed by atoms with E-state index < -0.39 is 0 Å². The molecule has 0 aliphatic heterocycles. The molecule has 5 nitrogen and oxygen atoms in total. The lowest BCUT2D eigenvalue weighted by Crippen LogP contribution is -1.92. The zero-order chi connectivity index (χ0) is 12.7. The highest BCUT2D eigenvalue weighted by Gasteiger charge is 2.11. The summed E-state index contributed by atoms with van der Waals surface area (Å²) in [6, 6.07) is 6.53. The largest absolute Gasteiger partial charge is 0.504 e. The molecule has 0 unspecified atom stereocenters. The fourth-order valence-corrected chi connectivity index (χ4v) is 1.97. The van der Waals surface area contributed by atoms with Crippen LogP contribution in [0.2, 0.25) is 0 Å². The molecule has 0 fully saturated rings. The molecule has 0 aliphatic rings. The monoisotopic (exact) mass is 241 g/mol. The maximum Gasteiger partial charge on any atom is 0.158 e. The van der Waals surface area contributed by atoms with E-state index in [1.54, 1.807) is 18.5 Å². The molecule has 2 N–H and O–H groups in total. The van der Waals surface area contributed by atoms with Gasteiger partial charge in [-0.3, -0.25) is 4.98 Å². The van der Waals surface area contributed by atoms with E-state index >= 15 is 0 Å². The lowest BCUT2D eigenvalue weighted by Gasteiger charge is -2.04. The van der Waals surface area contributed by atoms with Gasteiger partial charge in [-0.1, -0.05) is 0 Å². The highest BCUT2D eigenvalue weighted by atomic mass is 16.3. The first kappa shape index (κ1) is 10.6. The summed E-state index contributed by atoms with van der Waals surface area (Å²) in [6.07, 6.45) is 3.40. The van der Waals surface area contributed by atoms with Gasteiger partial charge in [0, 0.05) is 18.8 Å². The molecule has 3 aromatic rings. The number of hydrogen-bond donors (Lipinski definition) is 2. The van der Waals surface area contributed by atoms with Gasteiger partial charge in [-0.25, -0.2) is 4.98 Å². The van der Waals surface area contributed by atoms with Crippen LogP contribution < -0.4 is 0 Å². The Labute approximate surface area is 103 Å². The molecule has 0 aliphatic carbocycles. The molecule has 2 heterocycles. The van der Waals surface area contributed by atoms with E-state index in [-0.39, 0.29) is 11.5 Å². The van der Waals surface area contributed by atoms with Crippen molar-refractivity contribution >= 4 is 11.0 Å². The Kier molecular flexibility index (Phi) is 2.19. The van der Waals surface area contributed by atoms with Crippen LogP contribution in [-0.4, -0.2) is 24.7 Å². The summed E-state index contributed by atoms with van der Waals surface area (Å²) in [7, 11) is 1.90.